The van der Waals surface area contributed by atoms with E-state index in [-0.39, 0.29) is 5.92 Å². The van der Waals surface area contributed by atoms with Crippen LogP contribution in [0.1, 0.15) is 51.5 Å². The molecule has 0 N–H and O–H groups in total. The molecule has 0 aromatic heterocycles. The molecule has 0 aliphatic carbocycles. The second kappa shape index (κ2) is 8.68. The Hall–Kier alpha value is -1.37. The van der Waals surface area contributed by atoms with Crippen LogP contribution >= 0.6 is 0 Å². The van der Waals surface area contributed by atoms with Gasteiger partial charge in [0.2, 0.25) is 0 Å². The highest BCUT2D eigenvalue weighted by molar-refractivity contribution is 5.81. The van der Waals surface area contributed by atoms with Crippen molar-refractivity contribution in [2.24, 2.45) is 5.92 Å². The summed E-state index contributed by atoms with van der Waals surface area (Å²) in [5.74, 6) is 0.633. The Kier molecular flexibility index (Phi) is 7.09. The number of Topliss-reactive ketones (excluding diaryl/α,β-unsaturated/α-hetero) is 1. The summed E-state index contributed by atoms with van der Waals surface area (Å²) in [7, 11) is 0. The molecule has 1 atom stereocenters. The third-order valence-electron chi connectivity index (χ3n) is 3.26. The van der Waals surface area contributed by atoms with Gasteiger partial charge in [0.05, 0.1) is 0 Å². The molecule has 0 radical (unpaired) electrons. The van der Waals surface area contributed by atoms with Crippen molar-refractivity contribution in [2.45, 2.75) is 46.0 Å². The van der Waals surface area contributed by atoms with E-state index in [0.29, 0.717) is 5.78 Å². The lowest BCUT2D eigenvalue weighted by Crippen LogP contribution is -2.12. The maximum absolute atomic E-state index is 11.9. The summed E-state index contributed by atoms with van der Waals surface area (Å²) >= 11 is 0. The summed E-state index contributed by atoms with van der Waals surface area (Å²) in [6.07, 6.45) is 8.92. The lowest BCUT2D eigenvalue weighted by atomic mass is 9.93. The second-order valence-corrected chi connectivity index (χ2v) is 4.72. The fourth-order valence-corrected chi connectivity index (χ4v) is 2.01. The third kappa shape index (κ3) is 5.31. The first-order valence-corrected chi connectivity index (χ1v) is 7.02. The molecule has 1 unspecified atom stereocenters. The number of ketones is 1. The molecule has 1 aromatic carbocycles. The molecule has 1 rings (SSSR count). The van der Waals surface area contributed by atoms with Gasteiger partial charge < -0.3 is 0 Å². The second-order valence-electron chi connectivity index (χ2n) is 4.72. The van der Waals surface area contributed by atoms with Crippen molar-refractivity contribution in [1.29, 1.82) is 0 Å². The van der Waals surface area contributed by atoms with Crippen LogP contribution in [0.2, 0.25) is 0 Å². The van der Waals surface area contributed by atoms with Crippen LogP contribution in [-0.2, 0) is 4.79 Å². The Balaban J connectivity index is 2.44. The summed E-state index contributed by atoms with van der Waals surface area (Å²) in [5, 5.41) is 0. The quantitative estimate of drug-likeness (QED) is 0.637. The van der Waals surface area contributed by atoms with E-state index in [0.717, 1.165) is 32.1 Å². The standard InChI is InChI=1S/C17H24O/c1-3-5-14-17(18)16(4-2)13-9-12-15-10-7-6-8-11-15/h6-12,16H,3-5,13-14H2,1-2H3/b12-9+. The minimum absolute atomic E-state index is 0.205. The minimum atomic E-state index is 0.205. The molecule has 1 aromatic rings. The number of allylic oxidation sites excluding steroid dienone is 1. The number of benzene rings is 1. The predicted octanol–water partition coefficient (Wildman–Crippen LogP) is 4.88. The molecule has 0 saturated carbocycles. The Morgan fingerprint density at radius 1 is 1.22 bits per heavy atom. The van der Waals surface area contributed by atoms with Crippen LogP contribution < -0.4 is 0 Å². The van der Waals surface area contributed by atoms with Gasteiger partial charge in [-0.25, -0.2) is 0 Å². The monoisotopic (exact) mass is 244 g/mol. The van der Waals surface area contributed by atoms with Crippen LogP contribution in [0.25, 0.3) is 6.08 Å². The van der Waals surface area contributed by atoms with Gasteiger partial charge in [-0.1, -0.05) is 62.8 Å². The normalized spacial score (nSPS) is 12.8. The first-order chi connectivity index (χ1) is 8.77. The first kappa shape index (κ1) is 14.7. The van der Waals surface area contributed by atoms with Crippen molar-refractivity contribution in [3.05, 3.63) is 42.0 Å². The number of carbonyl (C=O) groups excluding carboxylic acids is 1. The zero-order valence-corrected chi connectivity index (χ0v) is 11.6. The minimum Gasteiger partial charge on any atom is -0.299 e. The van der Waals surface area contributed by atoms with Gasteiger partial charge in [0, 0.05) is 12.3 Å². The van der Waals surface area contributed by atoms with E-state index in [4.69, 9.17) is 0 Å². The molecular weight excluding hydrogens is 220 g/mol. The average Bonchev–Trinajstić information content (AvgIpc) is 2.42. The molecule has 0 heterocycles. The van der Waals surface area contributed by atoms with E-state index in [1.807, 2.05) is 18.2 Å². The molecule has 0 aliphatic heterocycles. The van der Waals surface area contributed by atoms with Crippen molar-refractivity contribution < 1.29 is 4.79 Å². The van der Waals surface area contributed by atoms with Crippen LogP contribution in [0.5, 0.6) is 0 Å². The molecule has 0 bridgehead atoms. The van der Waals surface area contributed by atoms with E-state index in [1.54, 1.807) is 0 Å². The summed E-state index contributed by atoms with van der Waals surface area (Å²) in [6.45, 7) is 4.23. The van der Waals surface area contributed by atoms with Gasteiger partial charge in [-0.05, 0) is 24.8 Å². The molecule has 1 heteroatoms. The summed E-state index contributed by atoms with van der Waals surface area (Å²) < 4.78 is 0. The van der Waals surface area contributed by atoms with Gasteiger partial charge in [-0.3, -0.25) is 4.79 Å². The Morgan fingerprint density at radius 3 is 2.56 bits per heavy atom. The molecule has 1 nitrogen and oxygen atoms in total. The third-order valence-corrected chi connectivity index (χ3v) is 3.26. The number of hydrogen-bond acceptors (Lipinski definition) is 1. The zero-order valence-electron chi connectivity index (χ0n) is 11.6. The first-order valence-electron chi connectivity index (χ1n) is 7.02. The van der Waals surface area contributed by atoms with Gasteiger partial charge in [0.15, 0.2) is 0 Å². The highest BCUT2D eigenvalue weighted by Gasteiger charge is 2.13. The Labute approximate surface area is 111 Å². The van der Waals surface area contributed by atoms with Crippen LogP contribution in [0.4, 0.5) is 0 Å². The molecule has 18 heavy (non-hydrogen) atoms. The average molecular weight is 244 g/mol. The lowest BCUT2D eigenvalue weighted by Gasteiger charge is -2.10. The highest BCUT2D eigenvalue weighted by atomic mass is 16.1. The van der Waals surface area contributed by atoms with Crippen molar-refractivity contribution in [1.82, 2.24) is 0 Å². The predicted molar refractivity (Wildman–Crippen MR) is 78.4 cm³/mol. The van der Waals surface area contributed by atoms with E-state index >= 15 is 0 Å². The maximum atomic E-state index is 11.9. The number of unbranched alkanes of at least 4 members (excludes halogenated alkanes) is 1. The number of rotatable bonds is 8. The van der Waals surface area contributed by atoms with Crippen LogP contribution in [0.3, 0.4) is 0 Å². The van der Waals surface area contributed by atoms with Crippen LogP contribution in [-0.4, -0.2) is 5.78 Å². The topological polar surface area (TPSA) is 17.1 Å². The van der Waals surface area contributed by atoms with E-state index in [2.05, 4.69) is 38.1 Å². The zero-order chi connectivity index (χ0) is 13.2. The molecule has 0 saturated heterocycles. The fourth-order valence-electron chi connectivity index (χ4n) is 2.01. The van der Waals surface area contributed by atoms with Crippen molar-refractivity contribution >= 4 is 11.9 Å². The number of carbonyl (C=O) groups is 1. The van der Waals surface area contributed by atoms with Crippen molar-refractivity contribution in [3.8, 4) is 0 Å². The smallest absolute Gasteiger partial charge is 0.136 e. The molecule has 98 valence electrons. The van der Waals surface area contributed by atoms with Gasteiger partial charge in [-0.2, -0.15) is 0 Å². The van der Waals surface area contributed by atoms with Crippen LogP contribution in [0.15, 0.2) is 36.4 Å². The SMILES string of the molecule is CCCCC(=O)C(CC)C/C=C/c1ccccc1. The summed E-state index contributed by atoms with van der Waals surface area (Å²) in [5.41, 5.74) is 1.20. The summed E-state index contributed by atoms with van der Waals surface area (Å²) in [4.78, 5) is 11.9. The Morgan fingerprint density at radius 2 is 1.94 bits per heavy atom. The van der Waals surface area contributed by atoms with Crippen molar-refractivity contribution in [2.75, 3.05) is 0 Å². The Bertz CT molecular complexity index is 364. The van der Waals surface area contributed by atoms with E-state index < -0.39 is 0 Å². The molecule has 0 amide bonds. The number of hydrogen-bond donors (Lipinski definition) is 0. The van der Waals surface area contributed by atoms with Crippen molar-refractivity contribution in [3.63, 3.8) is 0 Å². The van der Waals surface area contributed by atoms with E-state index in [1.165, 1.54) is 5.56 Å². The maximum Gasteiger partial charge on any atom is 0.136 e. The molecular formula is C17H24O. The van der Waals surface area contributed by atoms with Crippen LogP contribution in [0, 0.1) is 5.92 Å². The van der Waals surface area contributed by atoms with E-state index in [9.17, 15) is 4.79 Å². The molecule has 0 spiro atoms. The highest BCUT2D eigenvalue weighted by Crippen LogP contribution is 2.15. The van der Waals surface area contributed by atoms with Gasteiger partial charge in [-0.15, -0.1) is 0 Å². The molecule has 0 fully saturated rings. The fraction of sp³-hybridized carbons (Fsp3) is 0.471. The van der Waals surface area contributed by atoms with Gasteiger partial charge in [0.25, 0.3) is 0 Å². The lowest BCUT2D eigenvalue weighted by molar-refractivity contribution is -0.123. The molecule has 0 aliphatic rings. The largest absolute Gasteiger partial charge is 0.299 e. The van der Waals surface area contributed by atoms with Gasteiger partial charge >= 0.3 is 0 Å². The van der Waals surface area contributed by atoms with Gasteiger partial charge in [0.1, 0.15) is 5.78 Å². The summed E-state index contributed by atoms with van der Waals surface area (Å²) in [6, 6.07) is 10.2.